The van der Waals surface area contributed by atoms with Crippen molar-refractivity contribution in [3.63, 3.8) is 0 Å². The minimum atomic E-state index is -0.274. The van der Waals surface area contributed by atoms with E-state index in [1.165, 1.54) is 6.07 Å². The van der Waals surface area contributed by atoms with E-state index in [9.17, 15) is 9.18 Å². The van der Waals surface area contributed by atoms with Crippen molar-refractivity contribution in [2.45, 2.75) is 6.54 Å². The molecule has 0 aliphatic rings. The number of nitrogens with zero attached hydrogens (tertiary/aromatic N) is 1. The number of Topliss-reactive ketones (excluding diaryl/α,β-unsaturated/α-hetero) is 1. The van der Waals surface area contributed by atoms with Gasteiger partial charge in [-0.2, -0.15) is 4.57 Å². The van der Waals surface area contributed by atoms with Gasteiger partial charge in [-0.05, 0) is 12.1 Å². The summed E-state index contributed by atoms with van der Waals surface area (Å²) in [5.74, 6) is -0.267. The third-order valence-electron chi connectivity index (χ3n) is 3.28. The van der Waals surface area contributed by atoms with E-state index < -0.39 is 0 Å². The summed E-state index contributed by atoms with van der Waals surface area (Å²) < 4.78 is 15.5. The van der Waals surface area contributed by atoms with Gasteiger partial charge in [-0.3, -0.25) is 4.79 Å². The van der Waals surface area contributed by atoms with Crippen LogP contribution >= 0.6 is 0 Å². The molecule has 1 heterocycles. The zero-order valence-corrected chi connectivity index (χ0v) is 10.8. The van der Waals surface area contributed by atoms with Gasteiger partial charge in [0.2, 0.25) is 17.8 Å². The van der Waals surface area contributed by atoms with Crippen molar-refractivity contribution in [2.75, 3.05) is 0 Å². The van der Waals surface area contributed by atoms with E-state index in [1.54, 1.807) is 41.1 Å². The highest BCUT2D eigenvalue weighted by molar-refractivity contribution is 5.95. The molecule has 2 nitrogen and oxygen atoms in total. The molecule has 0 spiro atoms. The Balaban J connectivity index is 2.00. The summed E-state index contributed by atoms with van der Waals surface area (Å²) in [6.45, 7) is 0.199. The van der Waals surface area contributed by atoms with E-state index in [2.05, 4.69) is 0 Å². The lowest BCUT2D eigenvalue weighted by atomic mass is 10.1. The van der Waals surface area contributed by atoms with Gasteiger partial charge in [0.05, 0.1) is 5.39 Å². The average Bonchev–Trinajstić information content (AvgIpc) is 2.49. The average molecular weight is 266 g/mol. The SMILES string of the molecule is O=C(C[n+]1cccc2c(F)cccc21)c1ccccc1. The number of hydrogen-bond donors (Lipinski definition) is 0. The summed E-state index contributed by atoms with van der Waals surface area (Å²) in [6.07, 6.45) is 1.79. The monoisotopic (exact) mass is 266 g/mol. The Labute approximate surface area is 116 Å². The van der Waals surface area contributed by atoms with E-state index in [0.29, 0.717) is 10.9 Å². The zero-order valence-electron chi connectivity index (χ0n) is 10.8. The van der Waals surface area contributed by atoms with Crippen molar-refractivity contribution in [2.24, 2.45) is 0 Å². The molecule has 3 rings (SSSR count). The summed E-state index contributed by atoms with van der Waals surface area (Å²) in [5, 5.41) is 0.524. The van der Waals surface area contributed by atoms with Crippen LogP contribution < -0.4 is 4.57 Å². The molecule has 0 saturated carbocycles. The first-order chi connectivity index (χ1) is 9.75. The second-order valence-corrected chi connectivity index (χ2v) is 4.60. The predicted molar refractivity (Wildman–Crippen MR) is 74.9 cm³/mol. The summed E-state index contributed by atoms with van der Waals surface area (Å²) in [6, 6.07) is 17.5. The normalized spacial score (nSPS) is 10.7. The molecule has 2 aromatic carbocycles. The van der Waals surface area contributed by atoms with Gasteiger partial charge in [-0.15, -0.1) is 0 Å². The van der Waals surface area contributed by atoms with E-state index in [0.717, 1.165) is 5.52 Å². The van der Waals surface area contributed by atoms with Gasteiger partial charge in [0.1, 0.15) is 5.82 Å². The summed E-state index contributed by atoms with van der Waals surface area (Å²) in [5.41, 5.74) is 1.38. The van der Waals surface area contributed by atoms with Crippen molar-refractivity contribution in [3.8, 4) is 0 Å². The molecule has 0 radical (unpaired) electrons. The number of halogens is 1. The molecule has 0 atom stereocenters. The highest BCUT2D eigenvalue weighted by atomic mass is 19.1. The van der Waals surface area contributed by atoms with E-state index >= 15 is 0 Å². The van der Waals surface area contributed by atoms with Crippen LogP contribution in [0.2, 0.25) is 0 Å². The molecule has 0 fully saturated rings. The smallest absolute Gasteiger partial charge is 0.227 e. The zero-order chi connectivity index (χ0) is 13.9. The molecular formula is C17H13FNO+. The maximum atomic E-state index is 13.7. The Morgan fingerprint density at radius 2 is 1.75 bits per heavy atom. The second-order valence-electron chi connectivity index (χ2n) is 4.60. The third-order valence-corrected chi connectivity index (χ3v) is 3.28. The molecule has 0 bridgehead atoms. The van der Waals surface area contributed by atoms with E-state index in [1.807, 2.05) is 24.3 Å². The van der Waals surface area contributed by atoms with Gasteiger partial charge in [0, 0.05) is 17.7 Å². The van der Waals surface area contributed by atoms with Gasteiger partial charge in [-0.25, -0.2) is 4.39 Å². The Morgan fingerprint density at radius 3 is 2.55 bits per heavy atom. The standard InChI is InChI=1S/C17H13FNO/c18-15-9-4-10-16-14(15)8-5-11-19(16)12-17(20)13-6-2-1-3-7-13/h1-11H,12H2/q+1. The Hall–Kier alpha value is -2.55. The van der Waals surface area contributed by atoms with Gasteiger partial charge >= 0.3 is 0 Å². The highest BCUT2D eigenvalue weighted by Gasteiger charge is 2.16. The van der Waals surface area contributed by atoms with Gasteiger partial charge in [0.25, 0.3) is 0 Å². The highest BCUT2D eigenvalue weighted by Crippen LogP contribution is 2.13. The summed E-state index contributed by atoms with van der Waals surface area (Å²) in [7, 11) is 0. The Bertz CT molecular complexity index is 768. The van der Waals surface area contributed by atoms with Crippen LogP contribution in [0.5, 0.6) is 0 Å². The van der Waals surface area contributed by atoms with Crippen molar-refractivity contribution in [1.29, 1.82) is 0 Å². The van der Waals surface area contributed by atoms with Crippen LogP contribution in [0.15, 0.2) is 66.9 Å². The molecule has 20 heavy (non-hydrogen) atoms. The molecule has 0 N–H and O–H groups in total. The topological polar surface area (TPSA) is 20.9 Å². The number of carbonyl (C=O) groups is 1. The maximum absolute atomic E-state index is 13.7. The van der Waals surface area contributed by atoms with Crippen LogP contribution in [-0.4, -0.2) is 5.78 Å². The van der Waals surface area contributed by atoms with Crippen molar-refractivity contribution in [1.82, 2.24) is 0 Å². The van der Waals surface area contributed by atoms with Crippen LogP contribution in [-0.2, 0) is 6.54 Å². The lowest BCUT2D eigenvalue weighted by Crippen LogP contribution is -2.38. The predicted octanol–water partition coefficient (Wildman–Crippen LogP) is 3.15. The number of pyridine rings is 1. The molecule has 0 saturated heterocycles. The van der Waals surface area contributed by atoms with Crippen molar-refractivity contribution < 1.29 is 13.8 Å². The molecule has 3 heteroatoms. The number of aromatic nitrogens is 1. The largest absolute Gasteiger partial charge is 0.287 e. The Kier molecular flexibility index (Phi) is 3.25. The quantitative estimate of drug-likeness (QED) is 0.527. The fourth-order valence-corrected chi connectivity index (χ4v) is 2.27. The lowest BCUT2D eigenvalue weighted by Gasteiger charge is -2.02. The number of ketones is 1. The number of fused-ring (bicyclic) bond motifs is 1. The maximum Gasteiger partial charge on any atom is 0.227 e. The van der Waals surface area contributed by atoms with Crippen LogP contribution in [0, 0.1) is 5.82 Å². The van der Waals surface area contributed by atoms with Crippen molar-refractivity contribution in [3.05, 3.63) is 78.2 Å². The number of carbonyl (C=O) groups excluding carboxylic acids is 1. The molecular weight excluding hydrogens is 253 g/mol. The third kappa shape index (κ3) is 2.30. The fraction of sp³-hybridized carbons (Fsp3) is 0.0588. The van der Waals surface area contributed by atoms with Gasteiger partial charge < -0.3 is 0 Å². The first kappa shape index (κ1) is 12.5. The first-order valence-corrected chi connectivity index (χ1v) is 6.40. The molecule has 0 aliphatic carbocycles. The van der Waals surface area contributed by atoms with E-state index in [4.69, 9.17) is 0 Å². The summed E-state index contributed by atoms with van der Waals surface area (Å²) in [4.78, 5) is 12.2. The lowest BCUT2D eigenvalue weighted by molar-refractivity contribution is -0.657. The van der Waals surface area contributed by atoms with Crippen molar-refractivity contribution >= 4 is 16.7 Å². The van der Waals surface area contributed by atoms with Crippen LogP contribution in [0.4, 0.5) is 4.39 Å². The second kappa shape index (κ2) is 5.21. The van der Waals surface area contributed by atoms with Crippen LogP contribution in [0.25, 0.3) is 10.9 Å². The van der Waals surface area contributed by atoms with Crippen LogP contribution in [0.1, 0.15) is 10.4 Å². The summed E-state index contributed by atoms with van der Waals surface area (Å²) >= 11 is 0. The first-order valence-electron chi connectivity index (χ1n) is 6.40. The van der Waals surface area contributed by atoms with E-state index in [-0.39, 0.29) is 18.1 Å². The van der Waals surface area contributed by atoms with Gasteiger partial charge in [-0.1, -0.05) is 36.4 Å². The number of hydrogen-bond acceptors (Lipinski definition) is 1. The number of benzene rings is 2. The fourth-order valence-electron chi connectivity index (χ4n) is 2.27. The minimum Gasteiger partial charge on any atom is -0.287 e. The molecule has 98 valence electrons. The molecule has 0 amide bonds. The number of rotatable bonds is 3. The molecule has 3 aromatic rings. The Morgan fingerprint density at radius 1 is 0.950 bits per heavy atom. The minimum absolute atomic E-state index is 0.00682. The van der Waals surface area contributed by atoms with Crippen LogP contribution in [0.3, 0.4) is 0 Å². The molecule has 0 aliphatic heterocycles. The molecule has 0 unspecified atom stereocenters. The molecule has 1 aromatic heterocycles. The van der Waals surface area contributed by atoms with Gasteiger partial charge in [0.15, 0.2) is 6.20 Å².